The van der Waals surface area contributed by atoms with Crippen LogP contribution in [0.5, 0.6) is 5.75 Å². The first-order chi connectivity index (χ1) is 15.3. The van der Waals surface area contributed by atoms with Crippen LogP contribution in [0, 0.1) is 7.14 Å². The highest BCUT2D eigenvalue weighted by atomic mass is 127. The Labute approximate surface area is 226 Å². The van der Waals surface area contributed by atoms with Crippen LogP contribution in [0.2, 0.25) is 15.1 Å². The summed E-state index contributed by atoms with van der Waals surface area (Å²) >= 11 is 22.5. The zero-order valence-corrected chi connectivity index (χ0v) is 22.6. The van der Waals surface area contributed by atoms with Crippen molar-refractivity contribution in [3.63, 3.8) is 0 Å². The number of esters is 1. The number of cyclic esters (lactones) is 1. The zero-order chi connectivity index (χ0) is 22.8. The lowest BCUT2D eigenvalue weighted by molar-refractivity contribution is -0.129. The van der Waals surface area contributed by atoms with E-state index < -0.39 is 5.97 Å². The van der Waals surface area contributed by atoms with Crippen LogP contribution >= 0.6 is 80.0 Å². The number of ether oxygens (including phenoxy) is 2. The van der Waals surface area contributed by atoms with Crippen molar-refractivity contribution in [2.75, 3.05) is 0 Å². The van der Waals surface area contributed by atoms with Gasteiger partial charge in [-0.3, -0.25) is 0 Å². The first-order valence-electron chi connectivity index (χ1n) is 9.14. The van der Waals surface area contributed by atoms with Gasteiger partial charge in [-0.2, -0.15) is 0 Å². The van der Waals surface area contributed by atoms with E-state index >= 15 is 0 Å². The topological polar surface area (TPSA) is 47.9 Å². The molecule has 0 fully saturated rings. The minimum absolute atomic E-state index is 0.186. The summed E-state index contributed by atoms with van der Waals surface area (Å²) in [5.41, 5.74) is 2.56. The largest absolute Gasteiger partial charge is 0.487 e. The van der Waals surface area contributed by atoms with Crippen molar-refractivity contribution in [2.24, 2.45) is 4.99 Å². The Hall–Kier alpha value is -1.33. The highest BCUT2D eigenvalue weighted by Gasteiger charge is 2.25. The number of halogens is 5. The molecule has 4 nitrogen and oxygen atoms in total. The molecule has 0 aromatic heterocycles. The molecular formula is C23H12Cl3I2NO3. The van der Waals surface area contributed by atoms with Gasteiger partial charge in [0, 0.05) is 10.6 Å². The van der Waals surface area contributed by atoms with Crippen molar-refractivity contribution in [3.05, 3.63) is 99.2 Å². The van der Waals surface area contributed by atoms with Crippen LogP contribution in [0.3, 0.4) is 0 Å². The molecule has 0 saturated carbocycles. The highest BCUT2D eigenvalue weighted by molar-refractivity contribution is 14.1. The number of nitrogens with zero attached hydrogens (tertiary/aromatic N) is 1. The second-order valence-electron chi connectivity index (χ2n) is 6.70. The van der Waals surface area contributed by atoms with Crippen molar-refractivity contribution in [1.82, 2.24) is 0 Å². The van der Waals surface area contributed by atoms with Crippen LogP contribution in [-0.2, 0) is 16.1 Å². The molecule has 32 heavy (non-hydrogen) atoms. The van der Waals surface area contributed by atoms with Gasteiger partial charge in [-0.05, 0) is 105 Å². The Bertz CT molecular complexity index is 1270. The standard InChI is InChI=1S/C23H12Cl3I2NO3/c24-15-3-1-2-12(6-15)11-31-21-18(27)7-13(8-19(21)28)9-20-23(30)32-22(29-20)14-4-5-16(25)17(26)10-14/h1-10H,11H2/b20-9-. The summed E-state index contributed by atoms with van der Waals surface area (Å²) in [4.78, 5) is 16.7. The molecule has 4 rings (SSSR count). The summed E-state index contributed by atoms with van der Waals surface area (Å²) in [5, 5.41) is 1.44. The van der Waals surface area contributed by atoms with Gasteiger partial charge in [-0.25, -0.2) is 9.79 Å². The lowest BCUT2D eigenvalue weighted by atomic mass is 10.2. The van der Waals surface area contributed by atoms with Crippen molar-refractivity contribution in [1.29, 1.82) is 0 Å². The molecule has 0 N–H and O–H groups in total. The maximum Gasteiger partial charge on any atom is 0.363 e. The van der Waals surface area contributed by atoms with Gasteiger partial charge in [-0.1, -0.05) is 46.9 Å². The smallest absolute Gasteiger partial charge is 0.363 e. The molecule has 9 heteroatoms. The lowest BCUT2D eigenvalue weighted by Crippen LogP contribution is -2.05. The summed E-state index contributed by atoms with van der Waals surface area (Å²) in [6.07, 6.45) is 1.68. The third kappa shape index (κ3) is 5.59. The Kier molecular flexibility index (Phi) is 7.66. The third-order valence-corrected chi connectivity index (χ3v) is 6.96. The molecule has 0 bridgehead atoms. The quantitative estimate of drug-likeness (QED) is 0.155. The second kappa shape index (κ2) is 10.3. The van der Waals surface area contributed by atoms with E-state index in [1.165, 1.54) is 0 Å². The molecule has 3 aromatic carbocycles. The fraction of sp³-hybridized carbons (Fsp3) is 0.0435. The molecule has 1 aliphatic rings. The highest BCUT2D eigenvalue weighted by Crippen LogP contribution is 2.32. The lowest BCUT2D eigenvalue weighted by Gasteiger charge is -2.12. The summed E-state index contributed by atoms with van der Waals surface area (Å²) in [7, 11) is 0. The van der Waals surface area contributed by atoms with E-state index in [0.29, 0.717) is 27.2 Å². The van der Waals surface area contributed by atoms with E-state index in [9.17, 15) is 4.79 Å². The molecule has 0 saturated heterocycles. The average Bonchev–Trinajstić information content (AvgIpc) is 3.10. The van der Waals surface area contributed by atoms with Crippen molar-refractivity contribution < 1.29 is 14.3 Å². The molecule has 162 valence electrons. The molecule has 0 amide bonds. The predicted octanol–water partition coefficient (Wildman–Crippen LogP) is 7.78. The first kappa shape index (κ1) is 23.8. The van der Waals surface area contributed by atoms with E-state index in [-0.39, 0.29) is 11.6 Å². The van der Waals surface area contributed by atoms with Crippen LogP contribution in [0.15, 0.2) is 65.3 Å². The summed E-state index contributed by atoms with van der Waals surface area (Å²) in [6, 6.07) is 16.3. The first-order valence-corrected chi connectivity index (χ1v) is 12.4. The Morgan fingerprint density at radius 1 is 0.969 bits per heavy atom. The van der Waals surface area contributed by atoms with E-state index in [1.807, 2.05) is 36.4 Å². The minimum atomic E-state index is -0.530. The van der Waals surface area contributed by atoms with Gasteiger partial charge in [0.15, 0.2) is 5.70 Å². The summed E-state index contributed by atoms with van der Waals surface area (Å²) in [5.74, 6) is 0.422. The number of rotatable bonds is 5. The average molecular weight is 711 g/mol. The fourth-order valence-electron chi connectivity index (χ4n) is 2.90. The second-order valence-corrected chi connectivity index (χ2v) is 10.3. The third-order valence-electron chi connectivity index (χ3n) is 4.38. The van der Waals surface area contributed by atoms with Gasteiger partial charge in [0.05, 0.1) is 17.2 Å². The van der Waals surface area contributed by atoms with Crippen molar-refractivity contribution >= 4 is 97.9 Å². The Morgan fingerprint density at radius 3 is 2.41 bits per heavy atom. The number of carbonyl (C=O) groups excluding carboxylic acids is 1. The molecule has 0 aliphatic carbocycles. The van der Waals surface area contributed by atoms with Gasteiger partial charge in [0.2, 0.25) is 5.90 Å². The monoisotopic (exact) mass is 709 g/mol. The van der Waals surface area contributed by atoms with Gasteiger partial charge in [-0.15, -0.1) is 0 Å². The fourth-order valence-corrected chi connectivity index (χ4v) is 5.54. The van der Waals surface area contributed by atoms with Gasteiger partial charge in [0.1, 0.15) is 12.4 Å². The van der Waals surface area contributed by atoms with E-state index in [1.54, 1.807) is 24.3 Å². The number of carbonyl (C=O) groups is 1. The number of hydrogen-bond acceptors (Lipinski definition) is 4. The SMILES string of the molecule is O=C1OC(c2ccc(Cl)c(Cl)c2)=N/C1=C\c1cc(I)c(OCc2cccc(Cl)c2)c(I)c1. The van der Waals surface area contributed by atoms with Crippen LogP contribution < -0.4 is 4.74 Å². The molecule has 1 aliphatic heterocycles. The maximum absolute atomic E-state index is 12.3. The zero-order valence-electron chi connectivity index (χ0n) is 16.0. The normalized spacial score (nSPS) is 14.5. The van der Waals surface area contributed by atoms with Crippen molar-refractivity contribution in [2.45, 2.75) is 6.61 Å². The Morgan fingerprint density at radius 2 is 1.72 bits per heavy atom. The molecule has 1 heterocycles. The molecule has 3 aromatic rings. The van der Waals surface area contributed by atoms with Crippen LogP contribution in [-0.4, -0.2) is 11.9 Å². The van der Waals surface area contributed by atoms with E-state index in [0.717, 1.165) is 24.0 Å². The van der Waals surface area contributed by atoms with Crippen LogP contribution in [0.25, 0.3) is 6.08 Å². The van der Waals surface area contributed by atoms with Gasteiger partial charge in [0.25, 0.3) is 0 Å². The molecule has 0 unspecified atom stereocenters. The van der Waals surface area contributed by atoms with Crippen LogP contribution in [0.1, 0.15) is 16.7 Å². The van der Waals surface area contributed by atoms with E-state index in [2.05, 4.69) is 50.2 Å². The van der Waals surface area contributed by atoms with Crippen LogP contribution in [0.4, 0.5) is 0 Å². The maximum atomic E-state index is 12.3. The minimum Gasteiger partial charge on any atom is -0.487 e. The van der Waals surface area contributed by atoms with E-state index in [4.69, 9.17) is 44.3 Å². The summed E-state index contributed by atoms with van der Waals surface area (Å²) < 4.78 is 13.1. The van der Waals surface area contributed by atoms with Gasteiger partial charge >= 0.3 is 5.97 Å². The molecule has 0 radical (unpaired) electrons. The number of benzene rings is 3. The number of aliphatic imine (C=N–C) groups is 1. The molecule has 0 spiro atoms. The predicted molar refractivity (Wildman–Crippen MR) is 145 cm³/mol. The summed E-state index contributed by atoms with van der Waals surface area (Å²) in [6.45, 7) is 0.399. The number of hydrogen-bond donors (Lipinski definition) is 0. The Balaban J connectivity index is 1.56. The molecule has 0 atom stereocenters. The van der Waals surface area contributed by atoms with Crippen molar-refractivity contribution in [3.8, 4) is 5.75 Å². The molecular weight excluding hydrogens is 698 g/mol. The van der Waals surface area contributed by atoms with Gasteiger partial charge < -0.3 is 9.47 Å².